The number of carbonyl (C=O) groups is 1. The summed E-state index contributed by atoms with van der Waals surface area (Å²) in [5.74, 6) is 0. The second kappa shape index (κ2) is 6.70. The molecule has 0 radical (unpaired) electrons. The molecule has 0 bridgehead atoms. The predicted octanol–water partition coefficient (Wildman–Crippen LogP) is 1.03. The van der Waals surface area contributed by atoms with Gasteiger partial charge < -0.3 is 20.3 Å². The van der Waals surface area contributed by atoms with Crippen LogP contribution in [0.3, 0.4) is 0 Å². The van der Waals surface area contributed by atoms with E-state index in [0.29, 0.717) is 12.8 Å². The molecule has 5 nitrogen and oxygen atoms in total. The summed E-state index contributed by atoms with van der Waals surface area (Å²) in [7, 11) is 0. The predicted molar refractivity (Wildman–Crippen MR) is 61.2 cm³/mol. The van der Waals surface area contributed by atoms with Gasteiger partial charge in [0.2, 0.25) is 0 Å². The Balaban J connectivity index is 4.12. The molecule has 1 amide bonds. The summed E-state index contributed by atoms with van der Waals surface area (Å²) in [6.07, 6.45) is -0.234. The van der Waals surface area contributed by atoms with Crippen LogP contribution in [-0.4, -0.2) is 40.7 Å². The van der Waals surface area contributed by atoms with Crippen LogP contribution in [0.25, 0.3) is 0 Å². The summed E-state index contributed by atoms with van der Waals surface area (Å²) in [6, 6.07) is -0.264. The second-order valence-corrected chi connectivity index (χ2v) is 4.94. The number of ether oxygens (including phenoxy) is 1. The van der Waals surface area contributed by atoms with Gasteiger partial charge in [-0.05, 0) is 40.5 Å². The third-order valence-electron chi connectivity index (χ3n) is 1.82. The number of alkyl carbamates (subject to hydrolysis) is 1. The van der Waals surface area contributed by atoms with Gasteiger partial charge in [-0.25, -0.2) is 4.79 Å². The minimum Gasteiger partial charge on any atom is -0.444 e. The van der Waals surface area contributed by atoms with E-state index < -0.39 is 17.8 Å². The van der Waals surface area contributed by atoms with E-state index in [0.717, 1.165) is 0 Å². The van der Waals surface area contributed by atoms with E-state index in [1.54, 1.807) is 27.7 Å². The number of hydrogen-bond donors (Lipinski definition) is 3. The van der Waals surface area contributed by atoms with Crippen molar-refractivity contribution >= 4 is 6.09 Å². The molecule has 5 heteroatoms. The lowest BCUT2D eigenvalue weighted by Crippen LogP contribution is -2.40. The molecule has 0 saturated heterocycles. The maximum absolute atomic E-state index is 11.4. The van der Waals surface area contributed by atoms with Gasteiger partial charge in [-0.2, -0.15) is 0 Å². The second-order valence-electron chi connectivity index (χ2n) is 4.94. The lowest BCUT2D eigenvalue weighted by atomic mass is 10.1. The first-order valence-corrected chi connectivity index (χ1v) is 5.53. The zero-order chi connectivity index (χ0) is 12.8. The van der Waals surface area contributed by atoms with Gasteiger partial charge in [0.25, 0.3) is 0 Å². The van der Waals surface area contributed by atoms with Crippen LogP contribution in [0.5, 0.6) is 0 Å². The van der Waals surface area contributed by atoms with Gasteiger partial charge in [0.1, 0.15) is 5.60 Å². The maximum atomic E-state index is 11.4. The molecule has 0 aliphatic carbocycles. The van der Waals surface area contributed by atoms with Crippen LogP contribution in [0.1, 0.15) is 40.5 Å². The fraction of sp³-hybridized carbons (Fsp3) is 0.909. The molecule has 0 fully saturated rings. The molecule has 3 N–H and O–H groups in total. The molecule has 0 aromatic heterocycles. The largest absolute Gasteiger partial charge is 0.444 e. The summed E-state index contributed by atoms with van der Waals surface area (Å²) in [5.41, 5.74) is -0.543. The summed E-state index contributed by atoms with van der Waals surface area (Å²) in [5, 5.41) is 20.7. The van der Waals surface area contributed by atoms with Gasteiger partial charge in [-0.1, -0.05) is 0 Å². The highest BCUT2D eigenvalue weighted by Crippen LogP contribution is 2.08. The number of nitrogens with one attached hydrogen (secondary N) is 1. The van der Waals surface area contributed by atoms with E-state index in [2.05, 4.69) is 5.32 Å². The Labute approximate surface area is 96.8 Å². The van der Waals surface area contributed by atoms with Crippen LogP contribution < -0.4 is 5.32 Å². The smallest absolute Gasteiger partial charge is 0.407 e. The number of carbonyl (C=O) groups excluding carboxylic acids is 1. The van der Waals surface area contributed by atoms with Crippen molar-refractivity contribution in [2.24, 2.45) is 0 Å². The Kier molecular flexibility index (Phi) is 6.36. The molecular formula is C11H23NO4. The highest BCUT2D eigenvalue weighted by atomic mass is 16.6. The molecular weight excluding hydrogens is 210 g/mol. The first-order chi connectivity index (χ1) is 7.24. The van der Waals surface area contributed by atoms with Crippen molar-refractivity contribution in [3.05, 3.63) is 0 Å². The molecule has 96 valence electrons. The highest BCUT2D eigenvalue weighted by Gasteiger charge is 2.20. The fourth-order valence-electron chi connectivity index (χ4n) is 1.29. The summed E-state index contributed by atoms with van der Waals surface area (Å²) in [6.45, 7) is 6.95. The molecule has 2 atom stereocenters. The molecule has 0 aromatic carbocycles. The minimum atomic E-state index is -0.543. The molecule has 0 aliphatic heterocycles. The number of amides is 1. The maximum Gasteiger partial charge on any atom is 0.407 e. The molecule has 0 spiro atoms. The van der Waals surface area contributed by atoms with Gasteiger partial charge in [0, 0.05) is 12.6 Å². The third kappa shape index (κ3) is 8.49. The highest BCUT2D eigenvalue weighted by molar-refractivity contribution is 5.68. The number of hydrogen-bond acceptors (Lipinski definition) is 4. The van der Waals surface area contributed by atoms with E-state index in [1.807, 2.05) is 0 Å². The average molecular weight is 233 g/mol. The van der Waals surface area contributed by atoms with Crippen molar-refractivity contribution in [3.63, 3.8) is 0 Å². The number of aliphatic hydroxyl groups excluding tert-OH is 2. The summed E-state index contributed by atoms with van der Waals surface area (Å²) in [4.78, 5) is 11.4. The van der Waals surface area contributed by atoms with E-state index in [1.165, 1.54) is 0 Å². The Morgan fingerprint density at radius 1 is 1.44 bits per heavy atom. The molecule has 2 unspecified atom stereocenters. The molecule has 16 heavy (non-hydrogen) atoms. The van der Waals surface area contributed by atoms with Gasteiger partial charge in [0.15, 0.2) is 0 Å². The Hall–Kier alpha value is -0.810. The van der Waals surface area contributed by atoms with Crippen LogP contribution in [0, 0.1) is 0 Å². The van der Waals surface area contributed by atoms with Crippen molar-refractivity contribution in [3.8, 4) is 0 Å². The molecule has 0 saturated carbocycles. The lowest BCUT2D eigenvalue weighted by molar-refractivity contribution is 0.0477. The topological polar surface area (TPSA) is 78.8 Å². The van der Waals surface area contributed by atoms with Crippen molar-refractivity contribution in [2.45, 2.75) is 58.3 Å². The summed E-state index contributed by atoms with van der Waals surface area (Å²) < 4.78 is 5.08. The van der Waals surface area contributed by atoms with Crippen LogP contribution in [0.2, 0.25) is 0 Å². The van der Waals surface area contributed by atoms with E-state index in [4.69, 9.17) is 9.84 Å². The monoisotopic (exact) mass is 233 g/mol. The standard InChI is InChI=1S/C11H23NO4/c1-8(14)7-9(5-6-13)12-10(15)16-11(2,3)4/h8-9,13-14H,5-7H2,1-4H3,(H,12,15). The van der Waals surface area contributed by atoms with Crippen LogP contribution in [0.15, 0.2) is 0 Å². The Morgan fingerprint density at radius 2 is 2.00 bits per heavy atom. The van der Waals surface area contributed by atoms with Crippen molar-refractivity contribution in [1.29, 1.82) is 0 Å². The van der Waals surface area contributed by atoms with Crippen molar-refractivity contribution in [2.75, 3.05) is 6.61 Å². The van der Waals surface area contributed by atoms with E-state index in [-0.39, 0.29) is 12.6 Å². The zero-order valence-electron chi connectivity index (χ0n) is 10.5. The fourth-order valence-corrected chi connectivity index (χ4v) is 1.29. The Bertz CT molecular complexity index is 211. The van der Waals surface area contributed by atoms with Gasteiger partial charge in [0.05, 0.1) is 6.10 Å². The number of aliphatic hydroxyl groups is 2. The minimum absolute atomic E-state index is 0.0345. The molecule has 0 heterocycles. The SMILES string of the molecule is CC(O)CC(CCO)NC(=O)OC(C)(C)C. The molecule has 0 aliphatic rings. The van der Waals surface area contributed by atoms with E-state index in [9.17, 15) is 9.90 Å². The van der Waals surface area contributed by atoms with E-state index >= 15 is 0 Å². The van der Waals surface area contributed by atoms with Crippen molar-refractivity contribution < 1.29 is 19.7 Å². The van der Waals surface area contributed by atoms with Gasteiger partial charge in [-0.15, -0.1) is 0 Å². The molecule has 0 aromatic rings. The quantitative estimate of drug-likeness (QED) is 0.662. The van der Waals surface area contributed by atoms with Gasteiger partial charge in [-0.3, -0.25) is 0 Å². The van der Waals surface area contributed by atoms with Crippen LogP contribution >= 0.6 is 0 Å². The molecule has 0 rings (SSSR count). The van der Waals surface area contributed by atoms with Crippen LogP contribution in [-0.2, 0) is 4.74 Å². The zero-order valence-corrected chi connectivity index (χ0v) is 10.5. The number of rotatable bonds is 5. The third-order valence-corrected chi connectivity index (χ3v) is 1.82. The summed E-state index contributed by atoms with van der Waals surface area (Å²) >= 11 is 0. The average Bonchev–Trinajstić information content (AvgIpc) is 1.98. The Morgan fingerprint density at radius 3 is 2.38 bits per heavy atom. The normalized spacial score (nSPS) is 15.4. The first-order valence-electron chi connectivity index (χ1n) is 5.53. The van der Waals surface area contributed by atoms with Gasteiger partial charge >= 0.3 is 6.09 Å². The first kappa shape index (κ1) is 15.2. The van der Waals surface area contributed by atoms with Crippen molar-refractivity contribution in [1.82, 2.24) is 5.32 Å². The van der Waals surface area contributed by atoms with Crippen LogP contribution in [0.4, 0.5) is 4.79 Å². The lowest BCUT2D eigenvalue weighted by Gasteiger charge is -2.24.